The summed E-state index contributed by atoms with van der Waals surface area (Å²) in [5.74, 6) is 0. The molecule has 0 unspecified atom stereocenters. The van der Waals surface area contributed by atoms with E-state index in [1.807, 2.05) is 30.5 Å². The largest absolute Gasteiger partial charge is 0.465 e. The van der Waals surface area contributed by atoms with Crippen molar-refractivity contribution in [2.75, 3.05) is 6.26 Å². The minimum absolute atomic E-state index is 0.469. The Bertz CT molecular complexity index is 472. The molecule has 0 atom stereocenters. The third-order valence-electron chi connectivity index (χ3n) is 2.44. The standard InChI is InChI=1S/C12H17N3O2S/c1-12(2,15-11(16)17)8-5-4-6-9(7-8)14-10(13)18-3/h4-7,15H,1-3H3,(H2,13,14)(H,16,17). The number of aliphatic imine (C=N–C) groups is 1. The first-order chi connectivity index (χ1) is 8.35. The summed E-state index contributed by atoms with van der Waals surface area (Å²) in [4.78, 5) is 14.9. The van der Waals surface area contributed by atoms with Gasteiger partial charge in [-0.15, -0.1) is 0 Å². The van der Waals surface area contributed by atoms with Crippen molar-refractivity contribution in [2.45, 2.75) is 19.4 Å². The number of benzene rings is 1. The molecule has 0 saturated carbocycles. The molecule has 4 N–H and O–H groups in total. The molecule has 98 valence electrons. The van der Waals surface area contributed by atoms with E-state index in [-0.39, 0.29) is 0 Å². The quantitative estimate of drug-likeness (QED) is 0.580. The van der Waals surface area contributed by atoms with Crippen LogP contribution in [0, 0.1) is 0 Å². The van der Waals surface area contributed by atoms with Crippen LogP contribution in [-0.2, 0) is 5.54 Å². The van der Waals surface area contributed by atoms with E-state index in [1.54, 1.807) is 13.8 Å². The van der Waals surface area contributed by atoms with Crippen molar-refractivity contribution in [3.63, 3.8) is 0 Å². The normalized spacial score (nSPS) is 12.3. The minimum Gasteiger partial charge on any atom is -0.465 e. The molecule has 6 heteroatoms. The Morgan fingerprint density at radius 3 is 2.72 bits per heavy atom. The average Bonchev–Trinajstić information content (AvgIpc) is 2.27. The van der Waals surface area contributed by atoms with Crippen LogP contribution in [0.2, 0.25) is 0 Å². The van der Waals surface area contributed by atoms with Crippen molar-refractivity contribution in [3.8, 4) is 0 Å². The van der Waals surface area contributed by atoms with Gasteiger partial charge in [0.25, 0.3) is 0 Å². The second kappa shape index (κ2) is 5.77. The number of thioether (sulfide) groups is 1. The Morgan fingerprint density at radius 2 is 2.17 bits per heavy atom. The predicted molar refractivity (Wildman–Crippen MR) is 75.4 cm³/mol. The number of nitrogens with one attached hydrogen (secondary N) is 1. The summed E-state index contributed by atoms with van der Waals surface area (Å²) in [6, 6.07) is 7.32. The van der Waals surface area contributed by atoms with Crippen LogP contribution in [0.1, 0.15) is 19.4 Å². The van der Waals surface area contributed by atoms with Crippen molar-refractivity contribution in [3.05, 3.63) is 29.8 Å². The number of nitrogens with zero attached hydrogens (tertiary/aromatic N) is 1. The third-order valence-corrected chi connectivity index (χ3v) is 2.95. The Kier molecular flexibility index (Phi) is 4.61. The molecule has 0 bridgehead atoms. The van der Waals surface area contributed by atoms with Crippen molar-refractivity contribution in [1.29, 1.82) is 0 Å². The highest BCUT2D eigenvalue weighted by atomic mass is 32.2. The molecule has 0 radical (unpaired) electrons. The molecule has 0 fully saturated rings. The van der Waals surface area contributed by atoms with Crippen LogP contribution in [0.15, 0.2) is 29.3 Å². The molecule has 0 heterocycles. The molecule has 0 aromatic heterocycles. The van der Waals surface area contributed by atoms with Crippen LogP contribution < -0.4 is 11.1 Å². The molecule has 1 rings (SSSR count). The smallest absolute Gasteiger partial charge is 0.405 e. The van der Waals surface area contributed by atoms with Gasteiger partial charge in [0.15, 0.2) is 5.17 Å². The van der Waals surface area contributed by atoms with E-state index >= 15 is 0 Å². The van der Waals surface area contributed by atoms with Crippen molar-refractivity contribution in [2.24, 2.45) is 10.7 Å². The number of carboxylic acid groups (broad SMARTS) is 1. The van der Waals surface area contributed by atoms with E-state index in [0.717, 1.165) is 5.56 Å². The zero-order valence-electron chi connectivity index (χ0n) is 10.6. The maximum atomic E-state index is 10.7. The minimum atomic E-state index is -1.06. The molecular weight excluding hydrogens is 250 g/mol. The Morgan fingerprint density at radius 1 is 1.50 bits per heavy atom. The zero-order chi connectivity index (χ0) is 13.8. The van der Waals surface area contributed by atoms with E-state index < -0.39 is 11.6 Å². The van der Waals surface area contributed by atoms with Crippen molar-refractivity contribution in [1.82, 2.24) is 5.32 Å². The second-order valence-corrected chi connectivity index (χ2v) is 5.09. The van der Waals surface area contributed by atoms with Crippen LogP contribution in [0.3, 0.4) is 0 Å². The Labute approximate surface area is 110 Å². The number of hydrogen-bond donors (Lipinski definition) is 3. The lowest BCUT2D eigenvalue weighted by Gasteiger charge is -2.25. The van der Waals surface area contributed by atoms with Crippen molar-refractivity contribution >= 4 is 28.7 Å². The fourth-order valence-corrected chi connectivity index (χ4v) is 1.67. The summed E-state index contributed by atoms with van der Waals surface area (Å²) in [5, 5.41) is 11.7. The number of hydrogen-bond acceptors (Lipinski definition) is 3. The summed E-state index contributed by atoms with van der Waals surface area (Å²) in [6.45, 7) is 3.59. The fraction of sp³-hybridized carbons (Fsp3) is 0.333. The van der Waals surface area contributed by atoms with Gasteiger partial charge in [0.05, 0.1) is 11.2 Å². The first-order valence-corrected chi connectivity index (χ1v) is 6.57. The fourth-order valence-electron chi connectivity index (χ4n) is 1.48. The lowest BCUT2D eigenvalue weighted by Crippen LogP contribution is -2.39. The summed E-state index contributed by atoms with van der Waals surface area (Å²) < 4.78 is 0. The molecular formula is C12H17N3O2S. The van der Waals surface area contributed by atoms with Gasteiger partial charge < -0.3 is 16.2 Å². The highest BCUT2D eigenvalue weighted by Gasteiger charge is 2.22. The molecule has 1 aromatic rings. The predicted octanol–water partition coefficient (Wildman–Crippen LogP) is 2.50. The maximum Gasteiger partial charge on any atom is 0.405 e. The van der Waals surface area contributed by atoms with E-state index in [1.165, 1.54) is 11.8 Å². The molecule has 5 nitrogen and oxygen atoms in total. The SMILES string of the molecule is CSC(N)=Nc1cccc(C(C)(C)NC(=O)O)c1. The summed E-state index contributed by atoms with van der Waals surface area (Å²) in [7, 11) is 0. The van der Waals surface area contributed by atoms with Gasteiger partial charge in [-0.25, -0.2) is 9.79 Å². The van der Waals surface area contributed by atoms with Crippen LogP contribution in [0.5, 0.6) is 0 Å². The maximum absolute atomic E-state index is 10.7. The van der Waals surface area contributed by atoms with Crippen LogP contribution in [-0.4, -0.2) is 22.6 Å². The highest BCUT2D eigenvalue weighted by molar-refractivity contribution is 8.13. The molecule has 0 saturated heterocycles. The van der Waals surface area contributed by atoms with Crippen LogP contribution in [0.4, 0.5) is 10.5 Å². The van der Waals surface area contributed by atoms with Gasteiger partial charge >= 0.3 is 6.09 Å². The Balaban J connectivity index is 3.05. The molecule has 18 heavy (non-hydrogen) atoms. The zero-order valence-corrected chi connectivity index (χ0v) is 11.4. The first-order valence-electron chi connectivity index (χ1n) is 5.35. The van der Waals surface area contributed by atoms with E-state index in [4.69, 9.17) is 10.8 Å². The van der Waals surface area contributed by atoms with E-state index in [9.17, 15) is 4.79 Å². The number of amidine groups is 1. The summed E-state index contributed by atoms with van der Waals surface area (Å²) in [6.07, 6.45) is 0.788. The third kappa shape index (κ3) is 3.96. The van der Waals surface area contributed by atoms with E-state index in [2.05, 4.69) is 10.3 Å². The highest BCUT2D eigenvalue weighted by Crippen LogP contribution is 2.24. The number of amides is 1. The van der Waals surface area contributed by atoms with Gasteiger partial charge in [-0.1, -0.05) is 23.9 Å². The number of carbonyl (C=O) groups is 1. The molecule has 0 aliphatic rings. The molecule has 1 amide bonds. The second-order valence-electron chi connectivity index (χ2n) is 4.26. The van der Waals surface area contributed by atoms with Gasteiger partial charge in [-0.2, -0.15) is 0 Å². The average molecular weight is 267 g/mol. The van der Waals surface area contributed by atoms with Gasteiger partial charge in [-0.3, -0.25) is 0 Å². The molecule has 0 aliphatic carbocycles. The number of nitrogens with two attached hydrogens (primary N) is 1. The summed E-state index contributed by atoms with van der Waals surface area (Å²) in [5.41, 5.74) is 6.51. The van der Waals surface area contributed by atoms with Gasteiger partial charge in [0.2, 0.25) is 0 Å². The first kappa shape index (κ1) is 14.4. The molecule has 0 aliphatic heterocycles. The van der Waals surface area contributed by atoms with Crippen molar-refractivity contribution < 1.29 is 9.90 Å². The molecule has 0 spiro atoms. The topological polar surface area (TPSA) is 87.7 Å². The van der Waals surface area contributed by atoms with Crippen LogP contribution in [0.25, 0.3) is 0 Å². The monoisotopic (exact) mass is 267 g/mol. The van der Waals surface area contributed by atoms with Gasteiger partial charge in [0, 0.05) is 0 Å². The van der Waals surface area contributed by atoms with E-state index in [0.29, 0.717) is 10.9 Å². The lowest BCUT2D eigenvalue weighted by atomic mass is 9.94. The number of rotatable bonds is 3. The molecule has 1 aromatic carbocycles. The lowest BCUT2D eigenvalue weighted by molar-refractivity contribution is 0.182. The van der Waals surface area contributed by atoms with Crippen LogP contribution >= 0.6 is 11.8 Å². The van der Waals surface area contributed by atoms with Gasteiger partial charge in [0.1, 0.15) is 0 Å². The summed E-state index contributed by atoms with van der Waals surface area (Å²) >= 11 is 1.36. The Hall–Kier alpha value is -1.69. The van der Waals surface area contributed by atoms with Gasteiger partial charge in [-0.05, 0) is 37.8 Å².